The van der Waals surface area contributed by atoms with Gasteiger partial charge in [0.1, 0.15) is 22.9 Å². The summed E-state index contributed by atoms with van der Waals surface area (Å²) in [5, 5.41) is 2.54. The minimum Gasteiger partial charge on any atom is -0.495 e. The van der Waals surface area contributed by atoms with Gasteiger partial charge in [-0.25, -0.2) is 9.37 Å². The fraction of sp³-hybridized carbons (Fsp3) is 0.182. The highest BCUT2D eigenvalue weighted by Crippen LogP contribution is 2.40. The molecule has 0 radical (unpaired) electrons. The Labute approximate surface area is 189 Å². The van der Waals surface area contributed by atoms with E-state index in [9.17, 15) is 27.2 Å². The second-order valence-electron chi connectivity index (χ2n) is 7.25. The number of aromatic nitrogens is 2. The number of rotatable bonds is 6. The van der Waals surface area contributed by atoms with Crippen LogP contribution in [0.3, 0.4) is 0 Å². The number of carbonyl (C=O) groups is 2. The molecule has 0 aliphatic heterocycles. The average molecular weight is 476 g/mol. The third-order valence-electron chi connectivity index (χ3n) is 5.08. The van der Waals surface area contributed by atoms with Gasteiger partial charge in [0.2, 0.25) is 11.8 Å². The van der Waals surface area contributed by atoms with Gasteiger partial charge in [-0.2, -0.15) is 18.2 Å². The van der Waals surface area contributed by atoms with Gasteiger partial charge in [0, 0.05) is 18.7 Å². The molecule has 8 nitrogen and oxygen atoms in total. The van der Waals surface area contributed by atoms with Crippen LogP contribution in [-0.2, 0) is 12.6 Å². The predicted octanol–water partition coefficient (Wildman–Crippen LogP) is 4.41. The smallest absolute Gasteiger partial charge is 0.423 e. The predicted molar refractivity (Wildman–Crippen MR) is 111 cm³/mol. The fourth-order valence-corrected chi connectivity index (χ4v) is 3.49. The molecule has 12 heteroatoms. The molecular weight excluding hydrogens is 460 g/mol. The Kier molecular flexibility index (Phi) is 5.82. The number of hydrogen-bond acceptors (Lipinski definition) is 7. The molecule has 1 aromatic heterocycles. The first-order valence-electron chi connectivity index (χ1n) is 9.80. The Morgan fingerprint density at radius 3 is 2.62 bits per heavy atom. The van der Waals surface area contributed by atoms with Crippen LogP contribution in [-0.4, -0.2) is 28.8 Å². The SMILES string of the molecule is COc1cc(C(N)=O)c(F)cc1Nc1ncc(C(F)(F)F)c(Oc2cccc3c2C(=O)CC3)n1. The quantitative estimate of drug-likeness (QED) is 0.507. The van der Waals surface area contributed by atoms with E-state index in [1.165, 1.54) is 13.2 Å². The molecule has 0 bridgehead atoms. The van der Waals surface area contributed by atoms with Crippen LogP contribution >= 0.6 is 0 Å². The van der Waals surface area contributed by atoms with Crippen molar-refractivity contribution in [1.29, 1.82) is 0 Å². The van der Waals surface area contributed by atoms with Crippen molar-refractivity contribution in [2.45, 2.75) is 19.0 Å². The number of primary amides is 1. The second-order valence-corrected chi connectivity index (χ2v) is 7.25. The van der Waals surface area contributed by atoms with E-state index >= 15 is 0 Å². The zero-order chi connectivity index (χ0) is 24.6. The van der Waals surface area contributed by atoms with Gasteiger partial charge in [-0.15, -0.1) is 0 Å². The summed E-state index contributed by atoms with van der Waals surface area (Å²) in [6.45, 7) is 0. The Bertz CT molecular complexity index is 1310. The minimum atomic E-state index is -4.86. The molecule has 0 unspecified atom stereocenters. The summed E-state index contributed by atoms with van der Waals surface area (Å²) < 4.78 is 65.6. The van der Waals surface area contributed by atoms with Gasteiger partial charge in [-0.1, -0.05) is 12.1 Å². The molecule has 176 valence electrons. The Morgan fingerprint density at radius 1 is 1.18 bits per heavy atom. The highest BCUT2D eigenvalue weighted by Gasteiger charge is 2.37. The Hall–Kier alpha value is -4.22. The van der Waals surface area contributed by atoms with Crippen molar-refractivity contribution in [2.24, 2.45) is 5.73 Å². The third-order valence-corrected chi connectivity index (χ3v) is 5.08. The van der Waals surface area contributed by atoms with E-state index < -0.39 is 34.9 Å². The number of Topliss-reactive ketones (excluding diaryl/α,β-unsaturated/α-hetero) is 1. The van der Waals surface area contributed by atoms with Crippen molar-refractivity contribution in [2.75, 3.05) is 12.4 Å². The maximum Gasteiger partial charge on any atom is 0.423 e. The molecule has 1 amide bonds. The number of anilines is 2. The number of methoxy groups -OCH3 is 1. The molecular formula is C22H16F4N4O4. The minimum absolute atomic E-state index is 0.0346. The molecule has 0 atom stereocenters. The number of amides is 1. The van der Waals surface area contributed by atoms with Crippen LogP contribution < -0.4 is 20.5 Å². The van der Waals surface area contributed by atoms with E-state index in [-0.39, 0.29) is 40.9 Å². The van der Waals surface area contributed by atoms with Gasteiger partial charge in [-0.3, -0.25) is 9.59 Å². The average Bonchev–Trinajstić information content (AvgIpc) is 3.15. The maximum atomic E-state index is 14.2. The number of fused-ring (bicyclic) bond motifs is 1. The number of alkyl halides is 3. The molecule has 1 aliphatic rings. The molecule has 2 aromatic carbocycles. The zero-order valence-electron chi connectivity index (χ0n) is 17.5. The van der Waals surface area contributed by atoms with Crippen molar-refractivity contribution in [3.63, 3.8) is 0 Å². The molecule has 1 aliphatic carbocycles. The van der Waals surface area contributed by atoms with Crippen LogP contribution in [0, 0.1) is 5.82 Å². The number of nitrogens with two attached hydrogens (primary N) is 1. The van der Waals surface area contributed by atoms with Gasteiger partial charge in [0.25, 0.3) is 5.91 Å². The lowest BCUT2D eigenvalue weighted by molar-refractivity contribution is -0.139. The van der Waals surface area contributed by atoms with E-state index in [1.807, 2.05) is 0 Å². The summed E-state index contributed by atoms with van der Waals surface area (Å²) in [6.07, 6.45) is -3.68. The van der Waals surface area contributed by atoms with Crippen LogP contribution in [0.25, 0.3) is 0 Å². The Balaban J connectivity index is 1.75. The first-order valence-corrected chi connectivity index (χ1v) is 9.80. The lowest BCUT2D eigenvalue weighted by Crippen LogP contribution is -2.14. The van der Waals surface area contributed by atoms with E-state index in [1.54, 1.807) is 12.1 Å². The molecule has 1 heterocycles. The molecule has 0 saturated heterocycles. The fourth-order valence-electron chi connectivity index (χ4n) is 3.49. The highest BCUT2D eigenvalue weighted by atomic mass is 19.4. The normalized spacial score (nSPS) is 12.9. The molecule has 0 saturated carbocycles. The topological polar surface area (TPSA) is 116 Å². The number of hydrogen-bond donors (Lipinski definition) is 2. The van der Waals surface area contributed by atoms with Crippen molar-refractivity contribution in [1.82, 2.24) is 9.97 Å². The van der Waals surface area contributed by atoms with Crippen LogP contribution in [0.1, 0.15) is 38.3 Å². The molecule has 4 rings (SSSR count). The number of carbonyl (C=O) groups excluding carboxylic acids is 2. The summed E-state index contributed by atoms with van der Waals surface area (Å²) >= 11 is 0. The lowest BCUT2D eigenvalue weighted by atomic mass is 10.1. The van der Waals surface area contributed by atoms with Gasteiger partial charge in [0.05, 0.1) is 23.9 Å². The van der Waals surface area contributed by atoms with E-state index in [2.05, 4.69) is 15.3 Å². The largest absolute Gasteiger partial charge is 0.495 e. The highest BCUT2D eigenvalue weighted by molar-refractivity contribution is 6.03. The van der Waals surface area contributed by atoms with Crippen molar-refractivity contribution in [3.8, 4) is 17.4 Å². The third kappa shape index (κ3) is 4.34. The number of nitrogens with zero attached hydrogens (tertiary/aromatic N) is 2. The zero-order valence-corrected chi connectivity index (χ0v) is 17.5. The standard InChI is InChI=1S/C22H16F4N4O4/c1-33-17-7-11(19(27)32)13(23)8-14(17)29-21-28-9-12(22(24,25)26)20(30-21)34-16-4-2-3-10-5-6-15(31)18(10)16/h2-4,7-9H,5-6H2,1H3,(H2,27,32)(H,28,29,30). The monoisotopic (exact) mass is 476 g/mol. The van der Waals surface area contributed by atoms with E-state index in [4.69, 9.17) is 15.2 Å². The lowest BCUT2D eigenvalue weighted by Gasteiger charge is -2.16. The van der Waals surface area contributed by atoms with Crippen molar-refractivity contribution in [3.05, 3.63) is 64.6 Å². The number of ether oxygens (including phenoxy) is 2. The van der Waals surface area contributed by atoms with E-state index in [0.29, 0.717) is 18.2 Å². The molecule has 0 fully saturated rings. The van der Waals surface area contributed by atoms with Gasteiger partial charge in [0.15, 0.2) is 5.78 Å². The molecule has 0 spiro atoms. The number of ketones is 1. The summed E-state index contributed by atoms with van der Waals surface area (Å²) in [4.78, 5) is 31.0. The Morgan fingerprint density at radius 2 is 1.94 bits per heavy atom. The molecule has 3 N–H and O–H groups in total. The van der Waals surface area contributed by atoms with Crippen LogP contribution in [0.2, 0.25) is 0 Å². The summed E-state index contributed by atoms with van der Waals surface area (Å²) in [5.74, 6) is -3.61. The van der Waals surface area contributed by atoms with Crippen molar-refractivity contribution >= 4 is 23.3 Å². The van der Waals surface area contributed by atoms with Crippen LogP contribution in [0.5, 0.6) is 17.4 Å². The maximum absolute atomic E-state index is 14.2. The van der Waals surface area contributed by atoms with Crippen molar-refractivity contribution < 1.29 is 36.6 Å². The van der Waals surface area contributed by atoms with E-state index in [0.717, 1.165) is 12.1 Å². The summed E-state index contributed by atoms with van der Waals surface area (Å²) in [7, 11) is 1.23. The summed E-state index contributed by atoms with van der Waals surface area (Å²) in [5.41, 5.74) is 4.19. The second kappa shape index (κ2) is 8.61. The number of benzene rings is 2. The van der Waals surface area contributed by atoms with Gasteiger partial charge in [-0.05, 0) is 24.1 Å². The molecule has 3 aromatic rings. The van der Waals surface area contributed by atoms with Gasteiger partial charge >= 0.3 is 6.18 Å². The van der Waals surface area contributed by atoms with Crippen LogP contribution in [0.4, 0.5) is 29.2 Å². The number of aryl methyl sites for hydroxylation is 1. The number of nitrogens with one attached hydrogen (secondary N) is 1. The first-order chi connectivity index (χ1) is 16.1. The van der Waals surface area contributed by atoms with Crippen LogP contribution in [0.15, 0.2) is 36.5 Å². The molecule has 34 heavy (non-hydrogen) atoms. The van der Waals surface area contributed by atoms with Gasteiger partial charge < -0.3 is 20.5 Å². The first kappa shape index (κ1) is 23.0. The summed E-state index contributed by atoms with van der Waals surface area (Å²) in [6, 6.07) is 6.53. The number of halogens is 4.